The molecule has 1 atom stereocenters. The molecule has 1 aliphatic heterocycles. The lowest BCUT2D eigenvalue weighted by Gasteiger charge is -2.13. The molecule has 0 spiro atoms. The summed E-state index contributed by atoms with van der Waals surface area (Å²) in [5.74, 6) is 0. The molecule has 2 aromatic rings. The van der Waals surface area contributed by atoms with Crippen molar-refractivity contribution in [3.05, 3.63) is 68.7 Å². The maximum absolute atomic E-state index is 6.05. The molecule has 2 aromatic carbocycles. The van der Waals surface area contributed by atoms with Crippen LogP contribution in [-0.4, -0.2) is 0 Å². The maximum atomic E-state index is 6.05. The van der Waals surface area contributed by atoms with Crippen molar-refractivity contribution in [1.82, 2.24) is 0 Å². The predicted molar refractivity (Wildman–Crippen MR) is 82.2 cm³/mol. The summed E-state index contributed by atoms with van der Waals surface area (Å²) >= 11 is 15.8. The van der Waals surface area contributed by atoms with Crippen LogP contribution >= 0.6 is 39.1 Å². The third-order valence-electron chi connectivity index (χ3n) is 3.22. The highest BCUT2D eigenvalue weighted by atomic mass is 79.9. The van der Waals surface area contributed by atoms with Crippen LogP contribution in [0, 0.1) is 0 Å². The Hall–Kier alpha value is -0.540. The highest BCUT2D eigenvalue weighted by Gasteiger charge is 2.16. The van der Waals surface area contributed by atoms with Crippen molar-refractivity contribution >= 4 is 39.1 Å². The Bertz CT molecular complexity index is 607. The van der Waals surface area contributed by atoms with Gasteiger partial charge in [-0.1, -0.05) is 57.3 Å². The monoisotopic (exact) mass is 356 g/mol. The van der Waals surface area contributed by atoms with Gasteiger partial charge in [0.2, 0.25) is 0 Å². The fourth-order valence-electron chi connectivity index (χ4n) is 2.26. The average molecular weight is 358 g/mol. The van der Waals surface area contributed by atoms with Gasteiger partial charge in [-0.3, -0.25) is 0 Å². The van der Waals surface area contributed by atoms with E-state index in [4.69, 9.17) is 27.9 Å². The zero-order valence-corrected chi connectivity index (χ0v) is 13.1. The van der Waals surface area contributed by atoms with Crippen LogP contribution in [0.2, 0.25) is 10.0 Å². The van der Waals surface area contributed by atoms with Crippen molar-refractivity contribution in [2.75, 3.05) is 0 Å². The standard InChI is InChI=1S/C15H11BrCl2O/c16-15(11-4-13(17)6-14(18)5-11)9-1-2-10-7-19-8-12(10)3-9/h1-6,15H,7-8H2. The molecular formula is C15H11BrCl2O. The summed E-state index contributed by atoms with van der Waals surface area (Å²) in [6.45, 7) is 1.41. The molecule has 0 amide bonds. The molecule has 1 heterocycles. The van der Waals surface area contributed by atoms with Gasteiger partial charge in [-0.2, -0.15) is 0 Å². The van der Waals surface area contributed by atoms with E-state index in [1.807, 2.05) is 12.1 Å². The molecule has 0 aliphatic carbocycles. The summed E-state index contributed by atoms with van der Waals surface area (Å²) < 4.78 is 5.44. The summed E-state index contributed by atoms with van der Waals surface area (Å²) in [5.41, 5.74) is 4.77. The highest BCUT2D eigenvalue weighted by Crippen LogP contribution is 2.35. The molecule has 1 aliphatic rings. The van der Waals surface area contributed by atoms with Crippen LogP contribution in [0.5, 0.6) is 0 Å². The van der Waals surface area contributed by atoms with Gasteiger partial charge >= 0.3 is 0 Å². The number of halogens is 3. The van der Waals surface area contributed by atoms with E-state index in [1.165, 1.54) is 16.7 Å². The quantitative estimate of drug-likeness (QED) is 0.644. The third-order valence-corrected chi connectivity index (χ3v) is 4.71. The molecule has 0 fully saturated rings. The second kappa shape index (κ2) is 5.45. The van der Waals surface area contributed by atoms with E-state index in [1.54, 1.807) is 6.07 Å². The Morgan fingerprint density at radius 1 is 0.895 bits per heavy atom. The fraction of sp³-hybridized carbons (Fsp3) is 0.200. The van der Waals surface area contributed by atoms with Gasteiger partial charge in [0, 0.05) is 10.0 Å². The molecule has 4 heteroatoms. The second-order valence-corrected chi connectivity index (χ2v) is 6.37. The van der Waals surface area contributed by atoms with E-state index in [-0.39, 0.29) is 4.83 Å². The molecule has 0 bridgehead atoms. The lowest BCUT2D eigenvalue weighted by atomic mass is 10.0. The van der Waals surface area contributed by atoms with Crippen molar-refractivity contribution in [2.24, 2.45) is 0 Å². The van der Waals surface area contributed by atoms with E-state index in [0.29, 0.717) is 23.3 Å². The molecule has 0 aromatic heterocycles. The maximum Gasteiger partial charge on any atom is 0.0725 e. The normalized spacial score (nSPS) is 15.3. The summed E-state index contributed by atoms with van der Waals surface area (Å²) in [4.78, 5) is 0.0783. The van der Waals surface area contributed by atoms with Crippen molar-refractivity contribution < 1.29 is 4.74 Å². The van der Waals surface area contributed by atoms with Gasteiger partial charge < -0.3 is 4.74 Å². The number of benzene rings is 2. The van der Waals surface area contributed by atoms with E-state index >= 15 is 0 Å². The van der Waals surface area contributed by atoms with E-state index < -0.39 is 0 Å². The van der Waals surface area contributed by atoms with Crippen LogP contribution in [0.1, 0.15) is 27.1 Å². The van der Waals surface area contributed by atoms with Gasteiger partial charge in [0.05, 0.1) is 18.0 Å². The molecule has 0 N–H and O–H groups in total. The molecular weight excluding hydrogens is 347 g/mol. The first-order valence-electron chi connectivity index (χ1n) is 5.93. The van der Waals surface area contributed by atoms with Gasteiger partial charge in [0.25, 0.3) is 0 Å². The van der Waals surface area contributed by atoms with Crippen LogP contribution in [-0.2, 0) is 18.0 Å². The summed E-state index contributed by atoms with van der Waals surface area (Å²) in [7, 11) is 0. The minimum Gasteiger partial charge on any atom is -0.372 e. The van der Waals surface area contributed by atoms with Crippen LogP contribution in [0.15, 0.2) is 36.4 Å². The highest BCUT2D eigenvalue weighted by molar-refractivity contribution is 9.09. The Kier molecular flexibility index (Phi) is 3.86. The van der Waals surface area contributed by atoms with Gasteiger partial charge in [-0.05, 0) is 40.5 Å². The molecule has 0 saturated heterocycles. The molecule has 19 heavy (non-hydrogen) atoms. The molecule has 3 rings (SSSR count). The second-order valence-electron chi connectivity index (χ2n) is 4.59. The Morgan fingerprint density at radius 2 is 1.58 bits per heavy atom. The molecule has 1 unspecified atom stereocenters. The van der Waals surface area contributed by atoms with E-state index in [0.717, 1.165) is 5.56 Å². The first kappa shape index (κ1) is 13.4. The summed E-state index contributed by atoms with van der Waals surface area (Å²) in [6.07, 6.45) is 0. The zero-order valence-electron chi connectivity index (χ0n) is 10.00. The van der Waals surface area contributed by atoms with Gasteiger partial charge in [-0.25, -0.2) is 0 Å². The number of fused-ring (bicyclic) bond motifs is 1. The third kappa shape index (κ3) is 2.82. The van der Waals surface area contributed by atoms with Gasteiger partial charge in [-0.15, -0.1) is 0 Å². The van der Waals surface area contributed by atoms with Gasteiger partial charge in [0.15, 0.2) is 0 Å². The lowest BCUT2D eigenvalue weighted by molar-refractivity contribution is 0.134. The molecule has 98 valence electrons. The SMILES string of the molecule is Clc1cc(Cl)cc(C(Br)c2ccc3c(c2)COC3)c1. The van der Waals surface area contributed by atoms with Crippen molar-refractivity contribution in [2.45, 2.75) is 18.0 Å². The minimum atomic E-state index is 0.0783. The number of rotatable bonds is 2. The van der Waals surface area contributed by atoms with Crippen molar-refractivity contribution in [3.8, 4) is 0 Å². The van der Waals surface area contributed by atoms with Crippen LogP contribution in [0.4, 0.5) is 0 Å². The van der Waals surface area contributed by atoms with Crippen molar-refractivity contribution in [3.63, 3.8) is 0 Å². The zero-order chi connectivity index (χ0) is 13.4. The number of hydrogen-bond acceptors (Lipinski definition) is 1. The van der Waals surface area contributed by atoms with E-state index in [2.05, 4.69) is 34.1 Å². The van der Waals surface area contributed by atoms with Crippen molar-refractivity contribution in [1.29, 1.82) is 0 Å². The van der Waals surface area contributed by atoms with Crippen LogP contribution < -0.4 is 0 Å². The Morgan fingerprint density at radius 3 is 2.32 bits per heavy atom. The lowest BCUT2D eigenvalue weighted by Crippen LogP contribution is -1.95. The largest absolute Gasteiger partial charge is 0.372 e. The van der Waals surface area contributed by atoms with E-state index in [9.17, 15) is 0 Å². The number of alkyl halides is 1. The van der Waals surface area contributed by atoms with Crippen LogP contribution in [0.3, 0.4) is 0 Å². The molecule has 1 nitrogen and oxygen atoms in total. The molecule has 0 saturated carbocycles. The smallest absolute Gasteiger partial charge is 0.0725 e. The topological polar surface area (TPSA) is 9.23 Å². The first-order valence-corrected chi connectivity index (χ1v) is 7.60. The number of hydrogen-bond donors (Lipinski definition) is 0. The molecule has 0 radical (unpaired) electrons. The van der Waals surface area contributed by atoms with Crippen LogP contribution in [0.25, 0.3) is 0 Å². The Balaban J connectivity index is 1.97. The summed E-state index contributed by atoms with van der Waals surface area (Å²) in [5, 5.41) is 1.30. The first-order chi connectivity index (χ1) is 9.13. The summed E-state index contributed by atoms with van der Waals surface area (Å²) in [6, 6.07) is 12.0. The average Bonchev–Trinajstić information content (AvgIpc) is 2.83. The number of ether oxygens (including phenoxy) is 1. The Labute approximate surface area is 130 Å². The minimum absolute atomic E-state index is 0.0783. The predicted octanol–water partition coefficient (Wildman–Crippen LogP) is 5.51. The van der Waals surface area contributed by atoms with Gasteiger partial charge in [0.1, 0.15) is 0 Å². The fourth-order valence-corrected chi connectivity index (χ4v) is 3.36.